The van der Waals surface area contributed by atoms with E-state index in [0.29, 0.717) is 24.5 Å². The van der Waals surface area contributed by atoms with Crippen molar-refractivity contribution in [3.63, 3.8) is 0 Å². The predicted octanol–water partition coefficient (Wildman–Crippen LogP) is 1.88. The summed E-state index contributed by atoms with van der Waals surface area (Å²) >= 11 is 0. The topological polar surface area (TPSA) is 101 Å². The fourth-order valence-electron chi connectivity index (χ4n) is 3.13. The highest BCUT2D eigenvalue weighted by molar-refractivity contribution is 7.91. The molecule has 1 atom stereocenters. The minimum absolute atomic E-state index is 0.00739. The van der Waals surface area contributed by atoms with E-state index in [1.165, 1.54) is 0 Å². The second-order valence-corrected chi connectivity index (χ2v) is 8.51. The van der Waals surface area contributed by atoms with Gasteiger partial charge in [0, 0.05) is 12.6 Å². The Kier molecular flexibility index (Phi) is 5.59. The Labute approximate surface area is 158 Å². The molecule has 1 unspecified atom stereocenters. The molecule has 0 bridgehead atoms. The summed E-state index contributed by atoms with van der Waals surface area (Å²) < 4.78 is 28.7. The zero-order valence-corrected chi connectivity index (χ0v) is 16.1. The smallest absolute Gasteiger partial charge is 0.274 e. The summed E-state index contributed by atoms with van der Waals surface area (Å²) in [6.45, 7) is 2.25. The maximum Gasteiger partial charge on any atom is 0.274 e. The number of nitrogens with zero attached hydrogens (tertiary/aromatic N) is 3. The monoisotopic (exact) mass is 390 g/mol. The van der Waals surface area contributed by atoms with Gasteiger partial charge in [0.2, 0.25) is 0 Å². The number of rotatable bonds is 6. The number of carbonyl (C=O) groups is 1. The Morgan fingerprint density at radius 1 is 1.26 bits per heavy atom. The van der Waals surface area contributed by atoms with Crippen molar-refractivity contribution in [1.82, 2.24) is 15.1 Å². The molecule has 1 aliphatic rings. The van der Waals surface area contributed by atoms with Crippen molar-refractivity contribution in [3.05, 3.63) is 42.1 Å². The zero-order valence-electron chi connectivity index (χ0n) is 15.3. The zero-order chi connectivity index (χ0) is 19.4. The van der Waals surface area contributed by atoms with E-state index in [0.717, 1.165) is 5.69 Å². The van der Waals surface area contributed by atoms with Gasteiger partial charge in [0.15, 0.2) is 21.3 Å². The molecule has 2 heterocycles. The van der Waals surface area contributed by atoms with Crippen molar-refractivity contribution in [1.29, 1.82) is 0 Å². The minimum atomic E-state index is -3.07. The summed E-state index contributed by atoms with van der Waals surface area (Å²) in [6.07, 6.45) is 0.461. The van der Waals surface area contributed by atoms with Crippen LogP contribution in [0.2, 0.25) is 0 Å². The number of hydrogen-bond donors (Lipinski definition) is 1. The summed E-state index contributed by atoms with van der Waals surface area (Å²) in [5, 5.41) is 11.2. The molecule has 27 heavy (non-hydrogen) atoms. The Balaban J connectivity index is 1.73. The molecule has 1 N–H and O–H groups in total. The van der Waals surface area contributed by atoms with Gasteiger partial charge in [-0.05, 0) is 37.6 Å². The van der Waals surface area contributed by atoms with Crippen molar-refractivity contribution < 1.29 is 17.9 Å². The van der Waals surface area contributed by atoms with Crippen LogP contribution in [0.4, 0.5) is 11.5 Å². The molecule has 9 heteroatoms. The van der Waals surface area contributed by atoms with Gasteiger partial charge in [-0.25, -0.2) is 8.42 Å². The molecule has 0 radical (unpaired) electrons. The van der Waals surface area contributed by atoms with Crippen LogP contribution in [0, 0.1) is 0 Å². The molecule has 2 aromatic rings. The highest BCUT2D eigenvalue weighted by Gasteiger charge is 2.34. The van der Waals surface area contributed by atoms with Crippen LogP contribution in [0.1, 0.15) is 23.8 Å². The molecule has 0 aliphatic carbocycles. The first-order valence-electron chi connectivity index (χ1n) is 8.68. The lowest BCUT2D eigenvalue weighted by Gasteiger charge is -2.26. The molecule has 144 valence electrons. The Morgan fingerprint density at radius 3 is 2.63 bits per heavy atom. The van der Waals surface area contributed by atoms with Gasteiger partial charge in [0.05, 0.1) is 24.3 Å². The van der Waals surface area contributed by atoms with Crippen molar-refractivity contribution in [2.45, 2.75) is 19.4 Å². The van der Waals surface area contributed by atoms with Crippen LogP contribution in [-0.2, 0) is 9.84 Å². The highest BCUT2D eigenvalue weighted by Crippen LogP contribution is 2.26. The van der Waals surface area contributed by atoms with E-state index >= 15 is 0 Å². The van der Waals surface area contributed by atoms with Crippen molar-refractivity contribution in [2.24, 2.45) is 0 Å². The van der Waals surface area contributed by atoms with Crippen LogP contribution >= 0.6 is 0 Å². The Morgan fingerprint density at radius 2 is 2.04 bits per heavy atom. The molecule has 1 saturated heterocycles. The summed E-state index contributed by atoms with van der Waals surface area (Å²) in [7, 11) is -1.49. The lowest BCUT2D eigenvalue weighted by molar-refractivity contribution is 0.0701. The maximum atomic E-state index is 12.7. The van der Waals surface area contributed by atoms with E-state index in [9.17, 15) is 13.2 Å². The molecule has 1 amide bonds. The number of anilines is 2. The number of nitrogens with one attached hydrogen (secondary N) is 1. The lowest BCUT2D eigenvalue weighted by atomic mass is 10.2. The fraction of sp³-hybridized carbons (Fsp3) is 0.389. The number of sulfone groups is 1. The first-order chi connectivity index (χ1) is 12.9. The van der Waals surface area contributed by atoms with Gasteiger partial charge in [-0.2, -0.15) is 0 Å². The minimum Gasteiger partial charge on any atom is -0.495 e. The van der Waals surface area contributed by atoms with Gasteiger partial charge < -0.3 is 15.0 Å². The van der Waals surface area contributed by atoms with Crippen molar-refractivity contribution in [2.75, 3.05) is 30.5 Å². The van der Waals surface area contributed by atoms with Gasteiger partial charge in [0.1, 0.15) is 5.75 Å². The molecular weight excluding hydrogens is 368 g/mol. The highest BCUT2D eigenvalue weighted by atomic mass is 32.2. The summed E-state index contributed by atoms with van der Waals surface area (Å²) in [4.78, 5) is 14.3. The number of aromatic nitrogens is 2. The third-order valence-corrected chi connectivity index (χ3v) is 6.25. The third kappa shape index (κ3) is 4.36. The molecule has 0 spiro atoms. The molecule has 3 rings (SSSR count). The SMILES string of the molecule is CCN(C(=O)c1ccc(Nc2ccccc2OC)nn1)C1CCS(=O)(=O)C1. The first-order valence-corrected chi connectivity index (χ1v) is 10.5. The van der Waals surface area contributed by atoms with E-state index in [1.807, 2.05) is 31.2 Å². The number of carbonyl (C=O) groups excluding carboxylic acids is 1. The fourth-order valence-corrected chi connectivity index (χ4v) is 4.87. The van der Waals surface area contributed by atoms with Gasteiger partial charge >= 0.3 is 0 Å². The normalized spacial score (nSPS) is 18.1. The predicted molar refractivity (Wildman–Crippen MR) is 102 cm³/mol. The number of para-hydroxylation sites is 2. The number of amides is 1. The Hall–Kier alpha value is -2.68. The first kappa shape index (κ1) is 19.1. The second kappa shape index (κ2) is 7.91. The van der Waals surface area contributed by atoms with Crippen LogP contribution in [0.3, 0.4) is 0 Å². The molecule has 1 aliphatic heterocycles. The molecule has 1 fully saturated rings. The van der Waals surface area contributed by atoms with Crippen molar-refractivity contribution in [3.8, 4) is 5.75 Å². The maximum absolute atomic E-state index is 12.7. The van der Waals surface area contributed by atoms with Crippen LogP contribution in [0.15, 0.2) is 36.4 Å². The molecule has 1 aromatic carbocycles. The van der Waals surface area contributed by atoms with E-state index in [-0.39, 0.29) is 29.1 Å². The lowest BCUT2D eigenvalue weighted by Crippen LogP contribution is -2.41. The quantitative estimate of drug-likeness (QED) is 0.803. The standard InChI is InChI=1S/C18H22N4O4S/c1-3-22(13-10-11-27(24,25)12-13)18(23)15-8-9-17(21-20-15)19-14-6-4-5-7-16(14)26-2/h4-9,13H,3,10-12H2,1-2H3,(H,19,21). The van der Waals surface area contributed by atoms with E-state index in [2.05, 4.69) is 15.5 Å². The van der Waals surface area contributed by atoms with Crippen LogP contribution < -0.4 is 10.1 Å². The molecule has 1 aromatic heterocycles. The molecule has 8 nitrogen and oxygen atoms in total. The van der Waals surface area contributed by atoms with Crippen LogP contribution in [0.25, 0.3) is 0 Å². The molecular formula is C18H22N4O4S. The Bertz CT molecular complexity index is 915. The van der Waals surface area contributed by atoms with Crippen LogP contribution in [0.5, 0.6) is 5.75 Å². The summed E-state index contributed by atoms with van der Waals surface area (Å²) in [5.41, 5.74) is 0.923. The number of methoxy groups -OCH3 is 1. The second-order valence-electron chi connectivity index (χ2n) is 6.28. The summed E-state index contributed by atoms with van der Waals surface area (Å²) in [6, 6.07) is 10.3. The molecule has 0 saturated carbocycles. The number of benzene rings is 1. The van der Waals surface area contributed by atoms with E-state index < -0.39 is 9.84 Å². The van der Waals surface area contributed by atoms with Gasteiger partial charge in [-0.3, -0.25) is 4.79 Å². The van der Waals surface area contributed by atoms with Crippen molar-refractivity contribution >= 4 is 27.2 Å². The number of hydrogen-bond acceptors (Lipinski definition) is 7. The average Bonchev–Trinajstić information content (AvgIpc) is 3.03. The van der Waals surface area contributed by atoms with Gasteiger partial charge in [-0.1, -0.05) is 12.1 Å². The largest absolute Gasteiger partial charge is 0.495 e. The van der Waals surface area contributed by atoms with Gasteiger partial charge in [-0.15, -0.1) is 10.2 Å². The summed E-state index contributed by atoms with van der Waals surface area (Å²) in [5.74, 6) is 0.958. The third-order valence-electron chi connectivity index (χ3n) is 4.50. The van der Waals surface area contributed by atoms with E-state index in [1.54, 1.807) is 24.1 Å². The van der Waals surface area contributed by atoms with Crippen LogP contribution in [-0.4, -0.2) is 60.6 Å². The van der Waals surface area contributed by atoms with E-state index in [4.69, 9.17) is 4.74 Å². The van der Waals surface area contributed by atoms with Gasteiger partial charge in [0.25, 0.3) is 5.91 Å². The number of ether oxygens (including phenoxy) is 1. The average molecular weight is 390 g/mol.